The van der Waals surface area contributed by atoms with E-state index in [9.17, 15) is 44.8 Å². The summed E-state index contributed by atoms with van der Waals surface area (Å²) in [5.41, 5.74) is 0. The Labute approximate surface area is 119 Å². The molecule has 0 aliphatic heterocycles. The van der Waals surface area contributed by atoms with Crippen LogP contribution in [0.4, 0.5) is 4.39 Å². The largest absolute Gasteiger partial charge is 0.713 e. The van der Waals surface area contributed by atoms with Gasteiger partial charge >= 0.3 is 5.79 Å². The van der Waals surface area contributed by atoms with E-state index in [1.807, 2.05) is 0 Å². The Morgan fingerprint density at radius 2 is 1.50 bits per heavy atom. The molecule has 0 amide bonds. The lowest BCUT2D eigenvalue weighted by Gasteiger charge is -2.21. The monoisotopic (exact) mass is 322 g/mol. The maximum atomic E-state index is 13.6. The molecule has 2 atom stereocenters. The van der Waals surface area contributed by atoms with Crippen LogP contribution in [0.15, 0.2) is 23.7 Å². The van der Waals surface area contributed by atoms with Crippen LogP contribution in [-0.2, 0) is 4.74 Å². The SMILES string of the molecule is COC1=C[C@@H]([N+](=O)[O-])C(F)=C[C@@H]1C([N+](=O)[O-])([N+](=O)[O-])[N+](=O)[O-]. The minimum atomic E-state index is -4.07. The van der Waals surface area contributed by atoms with Gasteiger partial charge in [0.25, 0.3) is 12.0 Å². The van der Waals surface area contributed by atoms with E-state index < -0.39 is 49.0 Å². The molecule has 0 bridgehead atoms. The number of ether oxygens (including phenoxy) is 1. The Balaban J connectivity index is 3.59. The van der Waals surface area contributed by atoms with Gasteiger partial charge in [-0.1, -0.05) is 0 Å². The van der Waals surface area contributed by atoms with Gasteiger partial charge in [-0.25, -0.2) is 4.39 Å². The van der Waals surface area contributed by atoms with Crippen LogP contribution in [-0.4, -0.2) is 38.6 Å². The first-order chi connectivity index (χ1) is 10.1. The highest BCUT2D eigenvalue weighted by Gasteiger charge is 2.78. The van der Waals surface area contributed by atoms with Gasteiger partial charge in [0.05, 0.1) is 7.11 Å². The second-order valence-corrected chi connectivity index (χ2v) is 3.99. The van der Waals surface area contributed by atoms with Crippen LogP contribution in [0.2, 0.25) is 0 Å². The highest BCUT2D eigenvalue weighted by Crippen LogP contribution is 2.36. The first-order valence-corrected chi connectivity index (χ1v) is 5.30. The molecule has 0 radical (unpaired) electrons. The van der Waals surface area contributed by atoms with Crippen molar-refractivity contribution in [3.8, 4) is 0 Å². The van der Waals surface area contributed by atoms with Gasteiger partial charge in [-0.15, -0.1) is 0 Å². The zero-order chi connectivity index (χ0) is 17.2. The molecule has 0 N–H and O–H groups in total. The zero-order valence-corrected chi connectivity index (χ0v) is 10.7. The summed E-state index contributed by atoms with van der Waals surface area (Å²) in [7, 11) is 0.831. The summed E-state index contributed by atoms with van der Waals surface area (Å²) in [4.78, 5) is 36.8. The summed E-state index contributed by atoms with van der Waals surface area (Å²) in [6.45, 7) is 0. The third kappa shape index (κ3) is 2.29. The Morgan fingerprint density at radius 3 is 1.82 bits per heavy atom. The van der Waals surface area contributed by atoms with E-state index in [-0.39, 0.29) is 6.08 Å². The Morgan fingerprint density at radius 1 is 1.05 bits per heavy atom. The Hall–Kier alpha value is -3.19. The van der Waals surface area contributed by atoms with Gasteiger partial charge in [0.1, 0.15) is 5.76 Å². The molecule has 0 aromatic rings. The second kappa shape index (κ2) is 5.66. The topological polar surface area (TPSA) is 182 Å². The molecule has 14 heteroatoms. The van der Waals surface area contributed by atoms with E-state index in [0.29, 0.717) is 6.08 Å². The van der Waals surface area contributed by atoms with Crippen molar-refractivity contribution in [1.29, 1.82) is 0 Å². The molecule has 0 saturated heterocycles. The van der Waals surface area contributed by atoms with Gasteiger partial charge < -0.3 is 4.74 Å². The van der Waals surface area contributed by atoms with E-state index in [2.05, 4.69) is 4.74 Å². The molecule has 0 heterocycles. The molecular weight excluding hydrogens is 315 g/mol. The number of nitro groups is 4. The van der Waals surface area contributed by atoms with Gasteiger partial charge in [0.2, 0.25) is 0 Å². The molecule has 0 fully saturated rings. The van der Waals surface area contributed by atoms with Crippen molar-refractivity contribution >= 4 is 0 Å². The molecule has 0 unspecified atom stereocenters. The maximum Gasteiger partial charge on any atom is 0.713 e. The lowest BCUT2D eigenvalue weighted by molar-refractivity contribution is -0.975. The summed E-state index contributed by atoms with van der Waals surface area (Å²) in [5, 5.41) is 43.4. The quantitative estimate of drug-likeness (QED) is 0.372. The molecule has 1 rings (SSSR count). The molecule has 0 aromatic heterocycles. The predicted octanol–water partition coefficient (Wildman–Crippen LogP) is 0.129. The second-order valence-electron chi connectivity index (χ2n) is 3.99. The van der Waals surface area contributed by atoms with Crippen LogP contribution in [0.5, 0.6) is 0 Å². The third-order valence-electron chi connectivity index (χ3n) is 2.92. The molecule has 1 aliphatic carbocycles. The van der Waals surface area contributed by atoms with Gasteiger partial charge in [0, 0.05) is 11.0 Å². The van der Waals surface area contributed by atoms with Crippen molar-refractivity contribution in [2.75, 3.05) is 7.11 Å². The van der Waals surface area contributed by atoms with Gasteiger partial charge in [-0.05, 0) is 6.08 Å². The summed E-state index contributed by atoms with van der Waals surface area (Å²) in [6, 6.07) is -2.10. The summed E-state index contributed by atoms with van der Waals surface area (Å²) >= 11 is 0. The number of methoxy groups -OCH3 is 1. The van der Waals surface area contributed by atoms with Crippen LogP contribution >= 0.6 is 0 Å². The molecule has 120 valence electrons. The van der Waals surface area contributed by atoms with E-state index >= 15 is 0 Å². The standard InChI is InChI=1S/C8H7FN4O9/c1-22-7-3-6(10(14)15)5(9)2-4(7)8(11(16)17,12(18)19)13(20)21/h2-4,6H,1H3/t4-,6+/m0/s1. The highest BCUT2D eigenvalue weighted by atomic mass is 19.1. The van der Waals surface area contributed by atoms with Crippen molar-refractivity contribution in [2.45, 2.75) is 11.8 Å². The summed E-state index contributed by atoms with van der Waals surface area (Å²) < 4.78 is 18.2. The summed E-state index contributed by atoms with van der Waals surface area (Å²) in [6.07, 6.45) is 0.492. The van der Waals surface area contributed by atoms with Crippen LogP contribution in [0.3, 0.4) is 0 Å². The number of hydrogen-bond acceptors (Lipinski definition) is 9. The fourth-order valence-corrected chi connectivity index (χ4v) is 1.88. The first-order valence-electron chi connectivity index (χ1n) is 5.30. The lowest BCUT2D eigenvalue weighted by Crippen LogP contribution is -2.59. The normalized spacial score (nSPS) is 21.4. The van der Waals surface area contributed by atoms with Gasteiger partial charge in [0.15, 0.2) is 20.6 Å². The van der Waals surface area contributed by atoms with Gasteiger partial charge in [-0.2, -0.15) is 0 Å². The van der Waals surface area contributed by atoms with Crippen molar-refractivity contribution < 1.29 is 28.8 Å². The number of nitrogens with zero attached hydrogens (tertiary/aromatic N) is 4. The van der Waals surface area contributed by atoms with E-state index in [0.717, 1.165) is 7.11 Å². The number of rotatable bonds is 6. The Kier molecular flexibility index (Phi) is 4.34. The van der Waals surface area contributed by atoms with Crippen molar-refractivity contribution in [3.05, 3.63) is 64.2 Å². The van der Waals surface area contributed by atoms with Gasteiger partial charge in [-0.3, -0.25) is 40.5 Å². The fraction of sp³-hybridized carbons (Fsp3) is 0.500. The minimum Gasteiger partial charge on any atom is -0.500 e. The van der Waals surface area contributed by atoms with Crippen molar-refractivity contribution in [3.63, 3.8) is 0 Å². The van der Waals surface area contributed by atoms with Crippen LogP contribution < -0.4 is 0 Å². The maximum absolute atomic E-state index is 13.6. The average molecular weight is 322 g/mol. The van der Waals surface area contributed by atoms with E-state index in [4.69, 9.17) is 0 Å². The number of halogens is 1. The first kappa shape index (κ1) is 16.9. The fourth-order valence-electron chi connectivity index (χ4n) is 1.88. The van der Waals surface area contributed by atoms with E-state index in [1.54, 1.807) is 0 Å². The molecule has 0 aromatic carbocycles. The Bertz CT molecular complexity index is 579. The van der Waals surface area contributed by atoms with E-state index in [1.165, 1.54) is 0 Å². The average Bonchev–Trinajstić information content (AvgIpc) is 2.37. The van der Waals surface area contributed by atoms with Crippen LogP contribution in [0, 0.1) is 46.4 Å². The molecule has 22 heavy (non-hydrogen) atoms. The molecular formula is C8H7FN4O9. The van der Waals surface area contributed by atoms with Crippen molar-refractivity contribution in [2.24, 2.45) is 5.92 Å². The van der Waals surface area contributed by atoms with Crippen LogP contribution in [0.25, 0.3) is 0 Å². The number of hydrogen-bond donors (Lipinski definition) is 0. The molecule has 0 saturated carbocycles. The minimum absolute atomic E-state index is 0.0840. The highest BCUT2D eigenvalue weighted by molar-refractivity contribution is 5.25. The van der Waals surface area contributed by atoms with Crippen LogP contribution in [0.1, 0.15) is 0 Å². The molecule has 1 aliphatic rings. The molecule has 13 nitrogen and oxygen atoms in total. The lowest BCUT2D eigenvalue weighted by atomic mass is 9.91. The smallest absolute Gasteiger partial charge is 0.500 e. The zero-order valence-electron chi connectivity index (χ0n) is 10.7. The predicted molar refractivity (Wildman–Crippen MR) is 62.3 cm³/mol. The third-order valence-corrected chi connectivity index (χ3v) is 2.92. The molecule has 0 spiro atoms. The summed E-state index contributed by atoms with van der Waals surface area (Å²) in [5.74, 6) is -8.89. The van der Waals surface area contributed by atoms with Crippen molar-refractivity contribution in [1.82, 2.24) is 0 Å².